The lowest BCUT2D eigenvalue weighted by Gasteiger charge is -2.06. The van der Waals surface area contributed by atoms with Gasteiger partial charge in [0.05, 0.1) is 23.0 Å². The first-order chi connectivity index (χ1) is 10.2. The molecular weight excluding hydrogens is 264 g/mol. The van der Waals surface area contributed by atoms with Crippen molar-refractivity contribution in [3.63, 3.8) is 0 Å². The van der Waals surface area contributed by atoms with Crippen LogP contribution in [0.3, 0.4) is 0 Å². The van der Waals surface area contributed by atoms with Gasteiger partial charge in [0.2, 0.25) is 0 Å². The molecule has 2 heterocycles. The SMILES string of the molecule is CCNC(=O)c1cnn(-c2ccc3ccccc3n2)c1C. The molecule has 0 aliphatic heterocycles. The Morgan fingerprint density at radius 1 is 1.24 bits per heavy atom. The predicted molar refractivity (Wildman–Crippen MR) is 81.6 cm³/mol. The lowest BCUT2D eigenvalue weighted by Crippen LogP contribution is -2.23. The second-order valence-corrected chi connectivity index (χ2v) is 4.78. The molecule has 0 unspecified atom stereocenters. The molecule has 0 saturated carbocycles. The van der Waals surface area contributed by atoms with Gasteiger partial charge in [0.15, 0.2) is 5.82 Å². The van der Waals surface area contributed by atoms with Crippen LogP contribution in [0.5, 0.6) is 0 Å². The summed E-state index contributed by atoms with van der Waals surface area (Å²) in [6.07, 6.45) is 1.58. The number of nitrogens with zero attached hydrogens (tertiary/aromatic N) is 3. The normalized spacial score (nSPS) is 10.8. The number of pyridine rings is 1. The van der Waals surface area contributed by atoms with Crippen LogP contribution in [-0.4, -0.2) is 27.2 Å². The summed E-state index contributed by atoms with van der Waals surface area (Å²) in [6.45, 7) is 4.36. The van der Waals surface area contributed by atoms with E-state index in [0.717, 1.165) is 16.6 Å². The van der Waals surface area contributed by atoms with E-state index in [-0.39, 0.29) is 5.91 Å². The Hall–Kier alpha value is -2.69. The number of amides is 1. The first kappa shape index (κ1) is 13.3. The maximum absolute atomic E-state index is 11.9. The van der Waals surface area contributed by atoms with Gasteiger partial charge in [0, 0.05) is 11.9 Å². The van der Waals surface area contributed by atoms with Crippen LogP contribution in [0.25, 0.3) is 16.7 Å². The van der Waals surface area contributed by atoms with Crippen molar-refractivity contribution in [2.75, 3.05) is 6.54 Å². The molecule has 106 valence electrons. The number of hydrogen-bond acceptors (Lipinski definition) is 3. The third-order valence-electron chi connectivity index (χ3n) is 3.39. The van der Waals surface area contributed by atoms with Crippen LogP contribution >= 0.6 is 0 Å². The molecular formula is C16H16N4O. The molecule has 0 saturated heterocycles. The second-order valence-electron chi connectivity index (χ2n) is 4.78. The van der Waals surface area contributed by atoms with E-state index < -0.39 is 0 Å². The number of nitrogens with one attached hydrogen (secondary N) is 1. The largest absolute Gasteiger partial charge is 0.352 e. The lowest BCUT2D eigenvalue weighted by atomic mass is 10.2. The van der Waals surface area contributed by atoms with Gasteiger partial charge in [0.25, 0.3) is 5.91 Å². The Morgan fingerprint density at radius 2 is 2.05 bits per heavy atom. The summed E-state index contributed by atoms with van der Waals surface area (Å²) in [6, 6.07) is 11.8. The smallest absolute Gasteiger partial charge is 0.254 e. The standard InChI is InChI=1S/C16H16N4O/c1-3-17-16(21)13-10-18-20(11(13)2)15-9-8-12-6-4-5-7-14(12)19-15/h4-10H,3H2,1-2H3,(H,17,21). The van der Waals surface area contributed by atoms with Gasteiger partial charge < -0.3 is 5.32 Å². The van der Waals surface area contributed by atoms with Crippen molar-refractivity contribution in [1.82, 2.24) is 20.1 Å². The van der Waals surface area contributed by atoms with Gasteiger partial charge in [-0.3, -0.25) is 4.79 Å². The number of rotatable bonds is 3. The molecule has 2 aromatic heterocycles. The van der Waals surface area contributed by atoms with Gasteiger partial charge in [-0.2, -0.15) is 5.10 Å². The molecule has 5 nitrogen and oxygen atoms in total. The number of aromatic nitrogens is 3. The minimum Gasteiger partial charge on any atom is -0.352 e. The average molecular weight is 280 g/mol. The van der Waals surface area contributed by atoms with Crippen LogP contribution < -0.4 is 5.32 Å². The fourth-order valence-corrected chi connectivity index (χ4v) is 2.29. The van der Waals surface area contributed by atoms with Crippen molar-refractivity contribution in [3.05, 3.63) is 53.9 Å². The number of carbonyl (C=O) groups excluding carboxylic acids is 1. The number of para-hydroxylation sites is 1. The molecule has 0 radical (unpaired) electrons. The molecule has 0 fully saturated rings. The van der Waals surface area contributed by atoms with Gasteiger partial charge in [-0.1, -0.05) is 18.2 Å². The maximum Gasteiger partial charge on any atom is 0.254 e. The van der Waals surface area contributed by atoms with Crippen LogP contribution in [0.1, 0.15) is 23.0 Å². The molecule has 0 atom stereocenters. The molecule has 0 aliphatic rings. The lowest BCUT2D eigenvalue weighted by molar-refractivity contribution is 0.0955. The summed E-state index contributed by atoms with van der Waals surface area (Å²) in [7, 11) is 0. The molecule has 1 amide bonds. The molecule has 5 heteroatoms. The van der Waals surface area contributed by atoms with E-state index in [1.165, 1.54) is 0 Å². The molecule has 0 aliphatic carbocycles. The molecule has 21 heavy (non-hydrogen) atoms. The Balaban J connectivity index is 2.04. The van der Waals surface area contributed by atoms with E-state index in [9.17, 15) is 4.79 Å². The van der Waals surface area contributed by atoms with Crippen molar-refractivity contribution in [2.24, 2.45) is 0 Å². The van der Waals surface area contributed by atoms with Gasteiger partial charge in [-0.25, -0.2) is 9.67 Å². The highest BCUT2D eigenvalue weighted by Crippen LogP contribution is 2.17. The minimum atomic E-state index is -0.109. The number of fused-ring (bicyclic) bond motifs is 1. The third-order valence-corrected chi connectivity index (χ3v) is 3.39. The number of carbonyl (C=O) groups is 1. The first-order valence-electron chi connectivity index (χ1n) is 6.89. The Labute approximate surface area is 122 Å². The van der Waals surface area contributed by atoms with Crippen molar-refractivity contribution in [2.45, 2.75) is 13.8 Å². The molecule has 3 rings (SSSR count). The van der Waals surface area contributed by atoms with Crippen molar-refractivity contribution in [1.29, 1.82) is 0 Å². The third kappa shape index (κ3) is 2.38. The second kappa shape index (κ2) is 5.36. The highest BCUT2D eigenvalue weighted by atomic mass is 16.1. The highest BCUT2D eigenvalue weighted by Gasteiger charge is 2.15. The molecule has 0 bridgehead atoms. The number of hydrogen-bond donors (Lipinski definition) is 1. The zero-order valence-corrected chi connectivity index (χ0v) is 12.0. The average Bonchev–Trinajstić information content (AvgIpc) is 2.89. The van der Waals surface area contributed by atoms with Crippen LogP contribution in [0.2, 0.25) is 0 Å². The van der Waals surface area contributed by atoms with Gasteiger partial charge in [-0.05, 0) is 32.0 Å². The molecule has 3 aromatic rings. The summed E-state index contributed by atoms with van der Waals surface area (Å²) < 4.78 is 1.69. The van der Waals surface area contributed by atoms with Crippen molar-refractivity contribution in [3.8, 4) is 5.82 Å². The van der Waals surface area contributed by atoms with E-state index in [1.807, 2.05) is 50.2 Å². The Bertz CT molecular complexity index is 807. The van der Waals surface area contributed by atoms with E-state index in [2.05, 4.69) is 15.4 Å². The zero-order chi connectivity index (χ0) is 14.8. The van der Waals surface area contributed by atoms with Crippen LogP contribution in [0, 0.1) is 6.92 Å². The van der Waals surface area contributed by atoms with Crippen LogP contribution in [0.4, 0.5) is 0 Å². The van der Waals surface area contributed by atoms with Crippen LogP contribution in [0.15, 0.2) is 42.6 Å². The highest BCUT2D eigenvalue weighted by molar-refractivity contribution is 5.95. The zero-order valence-electron chi connectivity index (χ0n) is 12.0. The summed E-state index contributed by atoms with van der Waals surface area (Å²) in [5, 5.41) is 8.15. The summed E-state index contributed by atoms with van der Waals surface area (Å²) in [5.74, 6) is 0.601. The van der Waals surface area contributed by atoms with E-state index in [0.29, 0.717) is 17.9 Å². The first-order valence-corrected chi connectivity index (χ1v) is 6.89. The number of benzene rings is 1. The molecule has 0 spiro atoms. The Morgan fingerprint density at radius 3 is 2.86 bits per heavy atom. The van der Waals surface area contributed by atoms with Gasteiger partial charge in [0.1, 0.15) is 0 Å². The van der Waals surface area contributed by atoms with E-state index in [1.54, 1.807) is 10.9 Å². The fourth-order valence-electron chi connectivity index (χ4n) is 2.29. The van der Waals surface area contributed by atoms with Gasteiger partial charge in [-0.15, -0.1) is 0 Å². The van der Waals surface area contributed by atoms with Crippen molar-refractivity contribution >= 4 is 16.8 Å². The van der Waals surface area contributed by atoms with E-state index >= 15 is 0 Å². The molecule has 1 aromatic carbocycles. The Kier molecular flexibility index (Phi) is 3.39. The topological polar surface area (TPSA) is 59.8 Å². The monoisotopic (exact) mass is 280 g/mol. The van der Waals surface area contributed by atoms with E-state index in [4.69, 9.17) is 0 Å². The van der Waals surface area contributed by atoms with Crippen LogP contribution in [-0.2, 0) is 0 Å². The minimum absolute atomic E-state index is 0.109. The fraction of sp³-hybridized carbons (Fsp3) is 0.188. The molecule has 1 N–H and O–H groups in total. The summed E-state index contributed by atoms with van der Waals surface area (Å²) in [5.41, 5.74) is 2.26. The quantitative estimate of drug-likeness (QED) is 0.801. The predicted octanol–water partition coefficient (Wildman–Crippen LogP) is 2.48. The summed E-state index contributed by atoms with van der Waals surface area (Å²) in [4.78, 5) is 16.5. The maximum atomic E-state index is 11.9. The van der Waals surface area contributed by atoms with Gasteiger partial charge >= 0.3 is 0 Å². The summed E-state index contributed by atoms with van der Waals surface area (Å²) >= 11 is 0. The van der Waals surface area contributed by atoms with Crippen molar-refractivity contribution < 1.29 is 4.79 Å².